The molecule has 23 heavy (non-hydrogen) atoms. The number of hydrogen-bond acceptors (Lipinski definition) is 7. The van der Waals surface area contributed by atoms with Gasteiger partial charge in [0, 0.05) is 19.9 Å². The number of carbonyl (C=O) groups excluding carboxylic acids is 1. The summed E-state index contributed by atoms with van der Waals surface area (Å²) in [4.78, 5) is 11.5. The number of alkyl carbamates (subject to hydrolysis) is 1. The first kappa shape index (κ1) is 20.1. The Labute approximate surface area is 136 Å². The first-order valence-corrected chi connectivity index (χ1v) is 8.12. The van der Waals surface area contributed by atoms with Crippen molar-refractivity contribution in [2.75, 3.05) is 20.3 Å². The summed E-state index contributed by atoms with van der Waals surface area (Å²) in [5.74, 6) is 0. The Bertz CT molecular complexity index is 342. The van der Waals surface area contributed by atoms with Gasteiger partial charge in [-0.2, -0.15) is 0 Å². The van der Waals surface area contributed by atoms with E-state index in [4.69, 9.17) is 14.2 Å². The van der Waals surface area contributed by atoms with Gasteiger partial charge in [-0.05, 0) is 6.42 Å². The summed E-state index contributed by atoms with van der Waals surface area (Å²) in [5.41, 5.74) is 0. The Morgan fingerprint density at radius 2 is 1.91 bits per heavy atom. The van der Waals surface area contributed by atoms with Gasteiger partial charge >= 0.3 is 6.09 Å². The van der Waals surface area contributed by atoms with Gasteiger partial charge in [0.15, 0.2) is 0 Å². The average Bonchev–Trinajstić information content (AvgIpc) is 2.53. The van der Waals surface area contributed by atoms with Crippen molar-refractivity contribution < 1.29 is 34.3 Å². The van der Waals surface area contributed by atoms with Gasteiger partial charge in [-0.25, -0.2) is 4.79 Å². The maximum atomic E-state index is 11.6. The van der Waals surface area contributed by atoms with E-state index in [-0.39, 0.29) is 6.61 Å². The highest BCUT2D eigenvalue weighted by molar-refractivity contribution is 5.67. The highest BCUT2D eigenvalue weighted by atomic mass is 16.7. The molecule has 0 aromatic carbocycles. The van der Waals surface area contributed by atoms with Gasteiger partial charge < -0.3 is 34.8 Å². The molecule has 1 aliphatic heterocycles. The van der Waals surface area contributed by atoms with Crippen LogP contribution in [0.3, 0.4) is 0 Å². The van der Waals surface area contributed by atoms with E-state index in [1.54, 1.807) is 0 Å². The lowest BCUT2D eigenvalue weighted by molar-refractivity contribution is -0.533. The molecule has 0 aromatic rings. The molecule has 1 saturated heterocycles. The van der Waals surface area contributed by atoms with Gasteiger partial charge in [0.1, 0.15) is 24.9 Å². The summed E-state index contributed by atoms with van der Waals surface area (Å²) in [7, 11) is 1.25. The fourth-order valence-electron chi connectivity index (χ4n) is 2.42. The van der Waals surface area contributed by atoms with Gasteiger partial charge in [-0.1, -0.05) is 32.6 Å². The first-order chi connectivity index (χ1) is 11.0. The van der Waals surface area contributed by atoms with E-state index in [0.717, 1.165) is 25.7 Å². The second-order valence-electron chi connectivity index (χ2n) is 5.66. The van der Waals surface area contributed by atoms with Gasteiger partial charge in [0.2, 0.25) is 0 Å². The van der Waals surface area contributed by atoms with Crippen molar-refractivity contribution in [2.45, 2.75) is 69.7 Å². The summed E-state index contributed by atoms with van der Waals surface area (Å²) in [6, 6.07) is 0. The zero-order valence-electron chi connectivity index (χ0n) is 13.8. The van der Waals surface area contributed by atoms with Gasteiger partial charge in [-0.15, -0.1) is 0 Å². The number of amides is 1. The Hall–Kier alpha value is -0.930. The molecule has 3 N–H and O–H groups in total. The molecule has 1 aliphatic rings. The third kappa shape index (κ3) is 6.60. The zero-order valence-corrected chi connectivity index (χ0v) is 13.8. The minimum atomic E-state index is -1.64. The van der Waals surface area contributed by atoms with Crippen molar-refractivity contribution in [1.29, 1.82) is 0 Å². The predicted molar refractivity (Wildman–Crippen MR) is 79.6 cm³/mol. The number of hydrogen-bond donors (Lipinski definition) is 3. The summed E-state index contributed by atoms with van der Waals surface area (Å²) in [6.45, 7) is 2.33. The molecule has 1 heterocycles. The molecule has 8 nitrogen and oxygen atoms in total. The lowest BCUT2D eigenvalue weighted by atomic mass is 9.99. The fraction of sp³-hybridized carbons (Fsp3) is 0.933. The molecule has 0 saturated carbocycles. The molecule has 1 amide bonds. The molecule has 0 spiro atoms. The van der Waals surface area contributed by atoms with Crippen molar-refractivity contribution in [2.24, 2.45) is 0 Å². The molecule has 1 rings (SSSR count). The Morgan fingerprint density at radius 3 is 2.57 bits per heavy atom. The maximum absolute atomic E-state index is 11.6. The Kier molecular flexibility index (Phi) is 9.42. The van der Waals surface area contributed by atoms with Crippen molar-refractivity contribution >= 4 is 6.09 Å². The topological polar surface area (TPSA) is 120 Å². The Morgan fingerprint density at radius 1 is 1.22 bits per heavy atom. The zero-order chi connectivity index (χ0) is 17.2. The van der Waals surface area contributed by atoms with E-state index in [9.17, 15) is 20.1 Å². The Balaban J connectivity index is 2.22. The van der Waals surface area contributed by atoms with Gasteiger partial charge in [0.05, 0.1) is 6.10 Å². The fourth-order valence-corrected chi connectivity index (χ4v) is 2.42. The van der Waals surface area contributed by atoms with E-state index in [1.807, 2.05) is 0 Å². The van der Waals surface area contributed by atoms with Crippen LogP contribution in [-0.4, -0.2) is 67.3 Å². The van der Waals surface area contributed by atoms with Crippen LogP contribution >= 0.6 is 0 Å². The molecule has 0 unspecified atom stereocenters. The van der Waals surface area contributed by atoms with Crippen LogP contribution in [0, 0.1) is 0 Å². The number of carbonyl (C=O) groups is 1. The second-order valence-corrected chi connectivity index (χ2v) is 5.66. The molecule has 0 aliphatic carbocycles. The highest BCUT2D eigenvalue weighted by Crippen LogP contribution is 2.20. The number of ether oxygens (including phenoxy) is 3. The lowest BCUT2D eigenvalue weighted by Crippen LogP contribution is -2.63. The summed E-state index contributed by atoms with van der Waals surface area (Å²) >= 11 is 0. The van der Waals surface area contributed by atoms with Crippen molar-refractivity contribution in [3.8, 4) is 0 Å². The summed E-state index contributed by atoms with van der Waals surface area (Å²) in [6.07, 6.45) is -1.85. The molecule has 5 atom stereocenters. The average molecular weight is 334 g/mol. The highest BCUT2D eigenvalue weighted by Gasteiger charge is 2.40. The predicted octanol–water partition coefficient (Wildman–Crippen LogP) is -0.495. The van der Waals surface area contributed by atoms with E-state index in [2.05, 4.69) is 12.2 Å². The van der Waals surface area contributed by atoms with Crippen molar-refractivity contribution in [1.82, 2.24) is 5.32 Å². The van der Waals surface area contributed by atoms with Crippen LogP contribution in [0.5, 0.6) is 0 Å². The van der Waals surface area contributed by atoms with Crippen LogP contribution in [0.15, 0.2) is 0 Å². The quantitative estimate of drug-likeness (QED) is 0.486. The molecule has 0 aromatic heterocycles. The van der Waals surface area contributed by atoms with Crippen molar-refractivity contribution in [3.05, 3.63) is 0 Å². The number of unbranched alkanes of at least 4 members (excludes halogenated alkanes) is 4. The van der Waals surface area contributed by atoms with Crippen LogP contribution in [0.4, 0.5) is 4.79 Å². The van der Waals surface area contributed by atoms with Crippen LogP contribution < -0.4 is 10.4 Å². The SMILES string of the molecule is CCCCCCCNC(=O)OC[C@H]1O[C@H]([O-])[C@H](OC)[C@@H](O)[C@@H]1O. The number of nitrogens with one attached hydrogen (secondary N) is 1. The van der Waals surface area contributed by atoms with E-state index < -0.39 is 36.8 Å². The number of methoxy groups -OCH3 is 1. The monoisotopic (exact) mass is 334 g/mol. The molecule has 0 bridgehead atoms. The van der Waals surface area contributed by atoms with Crippen molar-refractivity contribution in [3.63, 3.8) is 0 Å². The largest absolute Gasteiger partial charge is 0.829 e. The number of aliphatic hydroxyl groups excluding tert-OH is 2. The lowest BCUT2D eigenvalue weighted by Gasteiger charge is -2.45. The van der Waals surface area contributed by atoms with Crippen LogP contribution in [-0.2, 0) is 14.2 Å². The van der Waals surface area contributed by atoms with Crippen LogP contribution in [0.2, 0.25) is 0 Å². The molecule has 136 valence electrons. The standard InChI is InChI=1S/C15H28NO7/c1-3-4-5-6-7-8-16-15(20)22-9-10-11(17)12(18)13(21-2)14(19)23-10/h10-14,17-18H,3-9H2,1-2H3,(H,16,20)/q-1/t10-,11-,12+,13-,14+/m1/s1. The van der Waals surface area contributed by atoms with Gasteiger partial charge in [0.25, 0.3) is 0 Å². The third-order valence-electron chi connectivity index (χ3n) is 3.85. The summed E-state index contributed by atoms with van der Waals surface area (Å²) in [5, 5.41) is 33.9. The minimum Gasteiger partial charge on any atom is -0.829 e. The molecule has 1 fully saturated rings. The smallest absolute Gasteiger partial charge is 0.407 e. The second kappa shape index (κ2) is 10.8. The maximum Gasteiger partial charge on any atom is 0.407 e. The van der Waals surface area contributed by atoms with Crippen LogP contribution in [0.1, 0.15) is 39.0 Å². The molecule has 8 heteroatoms. The van der Waals surface area contributed by atoms with Crippen LogP contribution in [0.25, 0.3) is 0 Å². The number of rotatable bonds is 9. The first-order valence-electron chi connectivity index (χ1n) is 8.12. The molecular formula is C15H28NO7-. The van der Waals surface area contributed by atoms with E-state index in [1.165, 1.54) is 13.5 Å². The summed E-state index contributed by atoms with van der Waals surface area (Å²) < 4.78 is 14.7. The molecule has 0 radical (unpaired) electrons. The molecular weight excluding hydrogens is 306 g/mol. The minimum absolute atomic E-state index is 0.310. The van der Waals surface area contributed by atoms with Gasteiger partial charge in [-0.3, -0.25) is 0 Å². The van der Waals surface area contributed by atoms with E-state index in [0.29, 0.717) is 6.54 Å². The van der Waals surface area contributed by atoms with E-state index >= 15 is 0 Å². The number of aliphatic hydroxyl groups is 2. The normalized spacial score (nSPS) is 30.9. The third-order valence-corrected chi connectivity index (χ3v) is 3.85.